The third-order valence-corrected chi connectivity index (χ3v) is 5.12. The van der Waals surface area contributed by atoms with Crippen LogP contribution in [0.4, 0.5) is 11.4 Å². The van der Waals surface area contributed by atoms with Gasteiger partial charge in [-0.3, -0.25) is 14.4 Å². The highest BCUT2D eigenvalue weighted by atomic mass is 35.5. The Balaban J connectivity index is 1.57. The van der Waals surface area contributed by atoms with Gasteiger partial charge in [0.15, 0.2) is 6.61 Å². The molecule has 3 rings (SSSR count). The van der Waals surface area contributed by atoms with Crippen molar-refractivity contribution in [3.05, 3.63) is 53.1 Å². The van der Waals surface area contributed by atoms with E-state index in [0.29, 0.717) is 22.1 Å². The molecule has 2 amide bonds. The van der Waals surface area contributed by atoms with Crippen molar-refractivity contribution < 1.29 is 23.9 Å². The van der Waals surface area contributed by atoms with Crippen molar-refractivity contribution >= 4 is 40.8 Å². The molecule has 0 spiro atoms. The molecule has 7 nitrogen and oxygen atoms in total. The van der Waals surface area contributed by atoms with E-state index >= 15 is 0 Å². The first-order valence-electron chi connectivity index (χ1n) is 9.05. The number of hydrogen-bond acceptors (Lipinski definition) is 5. The third-order valence-electron chi connectivity index (χ3n) is 4.71. The Hall–Kier alpha value is -3.06. The highest BCUT2D eigenvalue weighted by Crippen LogP contribution is 2.31. The number of carbonyl (C=O) groups excluding carboxylic acids is 3. The van der Waals surface area contributed by atoms with Crippen LogP contribution in [-0.4, -0.2) is 38.0 Å². The van der Waals surface area contributed by atoms with E-state index in [1.54, 1.807) is 42.5 Å². The lowest BCUT2D eigenvalue weighted by molar-refractivity contribution is -0.151. The van der Waals surface area contributed by atoms with Gasteiger partial charge in [-0.2, -0.15) is 0 Å². The predicted octanol–water partition coefficient (Wildman–Crippen LogP) is 3.19. The van der Waals surface area contributed by atoms with Gasteiger partial charge in [0, 0.05) is 23.7 Å². The first-order valence-corrected chi connectivity index (χ1v) is 9.43. The van der Waals surface area contributed by atoms with E-state index < -0.39 is 24.4 Å². The van der Waals surface area contributed by atoms with Crippen LogP contribution in [0.2, 0.25) is 5.02 Å². The fourth-order valence-electron chi connectivity index (χ4n) is 3.18. The van der Waals surface area contributed by atoms with E-state index in [9.17, 15) is 14.4 Å². The molecule has 152 valence electrons. The van der Waals surface area contributed by atoms with Gasteiger partial charge in [0.2, 0.25) is 5.91 Å². The summed E-state index contributed by atoms with van der Waals surface area (Å²) in [6.07, 6.45) is 0.0267. The summed E-state index contributed by atoms with van der Waals surface area (Å²) < 4.78 is 10.3. The molecule has 29 heavy (non-hydrogen) atoms. The number of methoxy groups -OCH3 is 1. The van der Waals surface area contributed by atoms with E-state index in [-0.39, 0.29) is 18.9 Å². The number of rotatable bonds is 6. The van der Waals surface area contributed by atoms with Gasteiger partial charge in [-0.15, -0.1) is 0 Å². The highest BCUT2D eigenvalue weighted by molar-refractivity contribution is 6.31. The fraction of sp³-hybridized carbons (Fsp3) is 0.286. The smallest absolute Gasteiger partial charge is 0.311 e. The SMILES string of the molecule is COc1ccccc1NC(=O)COC(=O)[C@@H]1CC(=O)N(c2cccc(Cl)c2C)C1. The molecule has 0 saturated carbocycles. The molecule has 0 unspecified atom stereocenters. The quantitative estimate of drug-likeness (QED) is 0.731. The number of benzene rings is 2. The minimum Gasteiger partial charge on any atom is -0.495 e. The fourth-order valence-corrected chi connectivity index (χ4v) is 3.35. The van der Waals surface area contributed by atoms with E-state index in [1.165, 1.54) is 12.0 Å². The summed E-state index contributed by atoms with van der Waals surface area (Å²) in [5.74, 6) is -1.40. The summed E-state index contributed by atoms with van der Waals surface area (Å²) in [6.45, 7) is 1.56. The topological polar surface area (TPSA) is 84.9 Å². The maximum Gasteiger partial charge on any atom is 0.311 e. The van der Waals surface area contributed by atoms with Crippen LogP contribution in [0.5, 0.6) is 5.75 Å². The molecule has 0 aliphatic carbocycles. The van der Waals surface area contributed by atoms with Gasteiger partial charge < -0.3 is 19.7 Å². The molecule has 0 bridgehead atoms. The molecule has 1 saturated heterocycles. The molecule has 1 aliphatic heterocycles. The Morgan fingerprint density at radius 3 is 2.72 bits per heavy atom. The first-order chi connectivity index (χ1) is 13.9. The molecule has 1 fully saturated rings. The van der Waals surface area contributed by atoms with Crippen molar-refractivity contribution in [1.82, 2.24) is 0 Å². The van der Waals surface area contributed by atoms with Gasteiger partial charge in [0.05, 0.1) is 18.7 Å². The van der Waals surface area contributed by atoms with Crippen LogP contribution in [0.1, 0.15) is 12.0 Å². The lowest BCUT2D eigenvalue weighted by Crippen LogP contribution is -2.28. The summed E-state index contributed by atoms with van der Waals surface area (Å²) in [7, 11) is 1.50. The first kappa shape index (κ1) is 20.7. The highest BCUT2D eigenvalue weighted by Gasteiger charge is 2.37. The molecular weight excluding hydrogens is 396 g/mol. The molecular formula is C21H21ClN2O5. The lowest BCUT2D eigenvalue weighted by Gasteiger charge is -2.19. The monoisotopic (exact) mass is 416 g/mol. The second kappa shape index (κ2) is 8.96. The Bertz CT molecular complexity index is 946. The van der Waals surface area contributed by atoms with Gasteiger partial charge in [-0.1, -0.05) is 29.8 Å². The maximum absolute atomic E-state index is 12.4. The van der Waals surface area contributed by atoms with Crippen molar-refractivity contribution in [2.24, 2.45) is 5.92 Å². The van der Waals surface area contributed by atoms with Crippen LogP contribution < -0.4 is 15.0 Å². The standard InChI is InChI=1S/C21H21ClN2O5/c1-13-15(22)6-5-8-17(13)24-11-14(10-20(24)26)21(27)29-12-19(25)23-16-7-3-4-9-18(16)28-2/h3-9,14H,10-12H2,1-2H3,(H,23,25)/t14-/m1/s1. The summed E-state index contributed by atoms with van der Waals surface area (Å²) in [4.78, 5) is 38.4. The van der Waals surface area contributed by atoms with Gasteiger partial charge in [-0.25, -0.2) is 0 Å². The van der Waals surface area contributed by atoms with Crippen LogP contribution in [-0.2, 0) is 19.1 Å². The Morgan fingerprint density at radius 2 is 1.97 bits per heavy atom. The zero-order chi connectivity index (χ0) is 21.0. The number of nitrogens with zero attached hydrogens (tertiary/aromatic N) is 1. The van der Waals surface area contributed by atoms with Crippen molar-refractivity contribution in [3.63, 3.8) is 0 Å². The number of ether oxygens (including phenoxy) is 2. The zero-order valence-corrected chi connectivity index (χ0v) is 16.9. The second-order valence-electron chi connectivity index (χ2n) is 6.65. The van der Waals surface area contributed by atoms with Gasteiger partial charge in [0.25, 0.3) is 5.91 Å². The van der Waals surface area contributed by atoms with Crippen LogP contribution in [0.15, 0.2) is 42.5 Å². The number of anilines is 2. The van der Waals surface area contributed by atoms with Gasteiger partial charge >= 0.3 is 5.97 Å². The molecule has 1 aliphatic rings. The number of nitrogens with one attached hydrogen (secondary N) is 1. The van der Waals surface area contributed by atoms with E-state index in [4.69, 9.17) is 21.1 Å². The number of amides is 2. The van der Waals surface area contributed by atoms with Crippen LogP contribution in [0.3, 0.4) is 0 Å². The largest absolute Gasteiger partial charge is 0.495 e. The van der Waals surface area contributed by atoms with Crippen LogP contribution in [0.25, 0.3) is 0 Å². The molecule has 0 aromatic heterocycles. The third kappa shape index (κ3) is 4.68. The normalized spacial score (nSPS) is 15.9. The predicted molar refractivity (Wildman–Crippen MR) is 109 cm³/mol. The number of hydrogen-bond donors (Lipinski definition) is 1. The summed E-state index contributed by atoms with van der Waals surface area (Å²) in [6, 6.07) is 12.2. The van der Waals surface area contributed by atoms with Crippen LogP contribution >= 0.6 is 11.6 Å². The molecule has 1 N–H and O–H groups in total. The molecule has 1 atom stereocenters. The lowest BCUT2D eigenvalue weighted by atomic mass is 10.1. The molecule has 0 radical (unpaired) electrons. The van der Waals surface area contributed by atoms with Gasteiger partial charge in [0.1, 0.15) is 5.75 Å². The Kier molecular flexibility index (Phi) is 6.39. The van der Waals surface area contributed by atoms with Crippen molar-refractivity contribution in [3.8, 4) is 5.75 Å². The van der Waals surface area contributed by atoms with Crippen molar-refractivity contribution in [2.75, 3.05) is 30.5 Å². The number of esters is 1. The van der Waals surface area contributed by atoms with Crippen LogP contribution in [0, 0.1) is 12.8 Å². The molecule has 8 heteroatoms. The van der Waals surface area contributed by atoms with Crippen molar-refractivity contribution in [2.45, 2.75) is 13.3 Å². The van der Waals surface area contributed by atoms with Gasteiger partial charge in [-0.05, 0) is 36.8 Å². The van der Waals surface area contributed by atoms with E-state index in [2.05, 4.69) is 5.32 Å². The number of carbonyl (C=O) groups is 3. The van der Waals surface area contributed by atoms with Crippen molar-refractivity contribution in [1.29, 1.82) is 0 Å². The Labute approximate surface area is 173 Å². The summed E-state index contributed by atoms with van der Waals surface area (Å²) in [5, 5.41) is 3.18. The van der Waals surface area contributed by atoms with E-state index in [0.717, 1.165) is 5.56 Å². The summed E-state index contributed by atoms with van der Waals surface area (Å²) in [5.41, 5.74) is 1.93. The second-order valence-corrected chi connectivity index (χ2v) is 7.05. The molecule has 1 heterocycles. The number of para-hydroxylation sites is 2. The molecule has 2 aromatic carbocycles. The summed E-state index contributed by atoms with van der Waals surface area (Å²) >= 11 is 6.13. The minimum atomic E-state index is -0.639. The Morgan fingerprint density at radius 1 is 1.21 bits per heavy atom. The van der Waals surface area contributed by atoms with E-state index in [1.807, 2.05) is 6.92 Å². The zero-order valence-electron chi connectivity index (χ0n) is 16.1. The maximum atomic E-state index is 12.4. The number of halogens is 1. The minimum absolute atomic E-state index is 0.0267. The average Bonchev–Trinajstić information content (AvgIpc) is 3.10. The molecule has 2 aromatic rings. The average molecular weight is 417 g/mol.